The SMILES string of the molecule is CCCCCCCCCCC(C)(C)C(C)S(=O)(=O)OC(C)=O. The lowest BCUT2D eigenvalue weighted by atomic mass is 9.84. The molecular formula is C17H34O4S. The van der Waals surface area contributed by atoms with Gasteiger partial charge in [0.25, 0.3) is 0 Å². The summed E-state index contributed by atoms with van der Waals surface area (Å²) in [6.07, 6.45) is 10.7. The normalized spacial score (nSPS) is 13.9. The van der Waals surface area contributed by atoms with Crippen molar-refractivity contribution in [2.24, 2.45) is 5.41 Å². The van der Waals surface area contributed by atoms with E-state index in [1.54, 1.807) is 6.92 Å². The quantitative estimate of drug-likeness (QED) is 0.379. The van der Waals surface area contributed by atoms with Gasteiger partial charge in [0.1, 0.15) is 0 Å². The third-order valence-corrected chi connectivity index (χ3v) is 6.41. The summed E-state index contributed by atoms with van der Waals surface area (Å²) in [5.41, 5.74) is -0.392. The van der Waals surface area contributed by atoms with Crippen molar-refractivity contribution in [3.8, 4) is 0 Å². The van der Waals surface area contributed by atoms with Gasteiger partial charge in [-0.1, -0.05) is 72.1 Å². The van der Waals surface area contributed by atoms with Crippen LogP contribution in [0.1, 0.15) is 92.4 Å². The van der Waals surface area contributed by atoms with Crippen molar-refractivity contribution in [1.82, 2.24) is 0 Å². The lowest BCUT2D eigenvalue weighted by Gasteiger charge is -2.30. The van der Waals surface area contributed by atoms with Crippen LogP contribution in [0.3, 0.4) is 0 Å². The van der Waals surface area contributed by atoms with Gasteiger partial charge in [-0.05, 0) is 18.8 Å². The first-order valence-corrected chi connectivity index (χ1v) is 10.0. The second-order valence-corrected chi connectivity index (χ2v) is 8.78. The van der Waals surface area contributed by atoms with Crippen LogP contribution in [-0.4, -0.2) is 19.6 Å². The molecule has 0 spiro atoms. The fraction of sp³-hybridized carbons (Fsp3) is 0.941. The molecule has 0 saturated carbocycles. The summed E-state index contributed by atoms with van der Waals surface area (Å²) in [6, 6.07) is 0. The van der Waals surface area contributed by atoms with Crippen LogP contribution >= 0.6 is 0 Å². The molecule has 4 nitrogen and oxygen atoms in total. The molecule has 0 fully saturated rings. The minimum atomic E-state index is -3.82. The average Bonchev–Trinajstić information content (AvgIpc) is 2.39. The highest BCUT2D eigenvalue weighted by atomic mass is 32.2. The maximum atomic E-state index is 12.0. The first kappa shape index (κ1) is 21.4. The van der Waals surface area contributed by atoms with E-state index >= 15 is 0 Å². The van der Waals surface area contributed by atoms with Crippen molar-refractivity contribution >= 4 is 16.1 Å². The summed E-state index contributed by atoms with van der Waals surface area (Å²) in [4.78, 5) is 10.9. The Morgan fingerprint density at radius 1 is 1.00 bits per heavy atom. The maximum Gasteiger partial charge on any atom is 0.319 e. The minimum Gasteiger partial charge on any atom is -0.346 e. The highest BCUT2D eigenvalue weighted by molar-refractivity contribution is 7.87. The van der Waals surface area contributed by atoms with Crippen LogP contribution < -0.4 is 0 Å². The molecule has 0 amide bonds. The molecule has 0 N–H and O–H groups in total. The lowest BCUT2D eigenvalue weighted by Crippen LogP contribution is -2.36. The van der Waals surface area contributed by atoms with E-state index < -0.39 is 26.8 Å². The molecule has 0 aromatic heterocycles. The molecular weight excluding hydrogens is 300 g/mol. The van der Waals surface area contributed by atoms with E-state index in [4.69, 9.17) is 0 Å². The third-order valence-electron chi connectivity index (χ3n) is 4.44. The molecule has 0 aliphatic carbocycles. The molecule has 0 aliphatic heterocycles. The Bertz CT molecular complexity index is 412. The number of unbranched alkanes of at least 4 members (excludes halogenated alkanes) is 7. The highest BCUT2D eigenvalue weighted by Crippen LogP contribution is 2.33. The van der Waals surface area contributed by atoms with Crippen molar-refractivity contribution < 1.29 is 17.4 Å². The summed E-state index contributed by atoms with van der Waals surface area (Å²) in [7, 11) is -3.82. The van der Waals surface area contributed by atoms with Gasteiger partial charge in [-0.2, -0.15) is 8.42 Å². The Balaban J connectivity index is 4.10. The highest BCUT2D eigenvalue weighted by Gasteiger charge is 2.37. The van der Waals surface area contributed by atoms with Gasteiger partial charge in [-0.25, -0.2) is 0 Å². The van der Waals surface area contributed by atoms with E-state index in [2.05, 4.69) is 11.1 Å². The summed E-state index contributed by atoms with van der Waals surface area (Å²) < 4.78 is 28.5. The molecule has 22 heavy (non-hydrogen) atoms. The number of hydrogen-bond acceptors (Lipinski definition) is 4. The Labute approximate surface area is 137 Å². The van der Waals surface area contributed by atoms with E-state index in [1.807, 2.05) is 13.8 Å². The van der Waals surface area contributed by atoms with Crippen molar-refractivity contribution in [3.05, 3.63) is 0 Å². The number of carbonyl (C=O) groups is 1. The predicted molar refractivity (Wildman–Crippen MR) is 91.2 cm³/mol. The zero-order valence-corrected chi connectivity index (χ0v) is 15.8. The Hall–Kier alpha value is -0.580. The van der Waals surface area contributed by atoms with Crippen molar-refractivity contribution in [3.63, 3.8) is 0 Å². The molecule has 0 aromatic rings. The molecule has 1 atom stereocenters. The fourth-order valence-corrected chi connectivity index (χ4v) is 3.92. The third kappa shape index (κ3) is 8.76. The van der Waals surface area contributed by atoms with Crippen LogP contribution in [0, 0.1) is 5.41 Å². The Kier molecular flexibility index (Phi) is 9.97. The van der Waals surface area contributed by atoms with Crippen molar-refractivity contribution in [2.45, 2.75) is 97.7 Å². The zero-order chi connectivity index (χ0) is 17.2. The van der Waals surface area contributed by atoms with Crippen LogP contribution in [0.15, 0.2) is 0 Å². The minimum absolute atomic E-state index is 0.392. The van der Waals surface area contributed by atoms with Crippen molar-refractivity contribution in [2.75, 3.05) is 0 Å². The molecule has 0 aromatic carbocycles. The number of carbonyl (C=O) groups excluding carboxylic acids is 1. The number of rotatable bonds is 12. The summed E-state index contributed by atoms with van der Waals surface area (Å²) in [5, 5.41) is -0.687. The summed E-state index contributed by atoms with van der Waals surface area (Å²) in [5.74, 6) is -0.769. The topological polar surface area (TPSA) is 60.4 Å². The molecule has 5 heteroatoms. The van der Waals surface area contributed by atoms with Crippen LogP contribution in [0.25, 0.3) is 0 Å². The second kappa shape index (κ2) is 10.2. The second-order valence-electron chi connectivity index (χ2n) is 6.92. The largest absolute Gasteiger partial charge is 0.346 e. The first-order chi connectivity index (χ1) is 10.1. The number of hydrogen-bond donors (Lipinski definition) is 0. The monoisotopic (exact) mass is 334 g/mol. The predicted octanol–water partition coefficient (Wildman–Crippen LogP) is 4.82. The van der Waals surface area contributed by atoms with Crippen LogP contribution in [0.5, 0.6) is 0 Å². The van der Waals surface area contributed by atoms with E-state index in [0.717, 1.165) is 26.2 Å². The van der Waals surface area contributed by atoms with Gasteiger partial charge in [0.05, 0.1) is 5.25 Å². The standard InChI is InChI=1S/C17H34O4S/c1-6-7-8-9-10-11-12-13-14-17(4,5)15(2)22(19,20)21-16(3)18/h15H,6-14H2,1-5H3. The van der Waals surface area contributed by atoms with Gasteiger partial charge < -0.3 is 4.18 Å². The molecule has 0 heterocycles. The van der Waals surface area contributed by atoms with Crippen LogP contribution in [-0.2, 0) is 19.1 Å². The maximum absolute atomic E-state index is 12.0. The van der Waals surface area contributed by atoms with Crippen LogP contribution in [0.2, 0.25) is 0 Å². The Morgan fingerprint density at radius 2 is 1.45 bits per heavy atom. The molecule has 0 aliphatic rings. The lowest BCUT2D eigenvalue weighted by molar-refractivity contribution is -0.131. The van der Waals surface area contributed by atoms with E-state index in [0.29, 0.717) is 0 Å². The Morgan fingerprint density at radius 3 is 1.91 bits per heavy atom. The average molecular weight is 335 g/mol. The van der Waals surface area contributed by atoms with Gasteiger partial charge in [0.15, 0.2) is 0 Å². The summed E-state index contributed by atoms with van der Waals surface area (Å²) in [6.45, 7) is 8.83. The molecule has 0 radical (unpaired) electrons. The van der Waals surface area contributed by atoms with Gasteiger partial charge in [-0.3, -0.25) is 4.79 Å². The van der Waals surface area contributed by atoms with Gasteiger partial charge in [0, 0.05) is 6.92 Å². The molecule has 0 bridgehead atoms. The van der Waals surface area contributed by atoms with Crippen molar-refractivity contribution in [1.29, 1.82) is 0 Å². The van der Waals surface area contributed by atoms with E-state index in [1.165, 1.54) is 38.5 Å². The van der Waals surface area contributed by atoms with E-state index in [9.17, 15) is 13.2 Å². The smallest absolute Gasteiger partial charge is 0.319 e. The fourth-order valence-electron chi connectivity index (χ4n) is 2.54. The zero-order valence-electron chi connectivity index (χ0n) is 15.0. The summed E-state index contributed by atoms with van der Waals surface area (Å²) >= 11 is 0. The van der Waals surface area contributed by atoms with Gasteiger partial charge in [-0.15, -0.1) is 0 Å². The van der Waals surface area contributed by atoms with E-state index in [-0.39, 0.29) is 0 Å². The molecule has 0 saturated heterocycles. The van der Waals surface area contributed by atoms with Gasteiger partial charge in [0.2, 0.25) is 0 Å². The first-order valence-electron chi connectivity index (χ1n) is 8.57. The van der Waals surface area contributed by atoms with Gasteiger partial charge >= 0.3 is 16.1 Å². The van der Waals surface area contributed by atoms with Crippen LogP contribution in [0.4, 0.5) is 0 Å². The molecule has 0 rings (SSSR count). The molecule has 1 unspecified atom stereocenters. The molecule has 132 valence electrons.